The summed E-state index contributed by atoms with van der Waals surface area (Å²) in [5.74, 6) is 0. The fraction of sp³-hybridized carbons (Fsp3) is 1.00. The first-order chi connectivity index (χ1) is 5.41. The van der Waals surface area contributed by atoms with Gasteiger partial charge in [-0.1, -0.05) is 34.8 Å². The van der Waals surface area contributed by atoms with Crippen LogP contribution in [0.2, 0.25) is 0 Å². The summed E-state index contributed by atoms with van der Waals surface area (Å²) in [4.78, 5) is 0. The lowest BCUT2D eigenvalue weighted by Gasteiger charge is -2.24. The second-order valence-corrected chi connectivity index (χ2v) is 6.60. The Balaban J connectivity index is 4.25. The van der Waals surface area contributed by atoms with Crippen LogP contribution in [0.4, 0.5) is 13.2 Å². The number of hydrogen-bond donors (Lipinski definition) is 0. The van der Waals surface area contributed by atoms with Gasteiger partial charge in [-0.3, -0.25) is 0 Å². The van der Waals surface area contributed by atoms with Crippen LogP contribution in [-0.2, 0) is 0 Å². The molecule has 0 bridgehead atoms. The molecule has 0 radical (unpaired) electrons. The van der Waals surface area contributed by atoms with Crippen LogP contribution in [0.25, 0.3) is 0 Å². The zero-order valence-corrected chi connectivity index (χ0v) is 9.72. The van der Waals surface area contributed by atoms with E-state index >= 15 is 0 Å². The summed E-state index contributed by atoms with van der Waals surface area (Å²) in [6, 6.07) is 0. The van der Waals surface area contributed by atoms with Gasteiger partial charge in [-0.25, -0.2) is 0 Å². The average Bonchev–Trinajstić information content (AvgIpc) is 1.43. The largest absolute Gasteiger partial charge is 0.391 e. The Morgan fingerprint density at radius 1 is 0.769 bits per heavy atom. The molecule has 0 aliphatic rings. The molecule has 0 fully saturated rings. The molecule has 0 amide bonds. The van der Waals surface area contributed by atoms with E-state index < -0.39 is 27.1 Å². The molecule has 0 spiro atoms. The van der Waals surface area contributed by atoms with Crippen molar-refractivity contribution in [1.82, 2.24) is 0 Å². The predicted octanol–water partition coefficient (Wildman–Crippen LogP) is 4.87. The summed E-state index contributed by atoms with van der Waals surface area (Å²) in [6.07, 6.45) is -6.50. The molecule has 8 heteroatoms. The van der Waals surface area contributed by atoms with Gasteiger partial charge >= 0.3 is 6.18 Å². The molecule has 13 heavy (non-hydrogen) atoms. The maximum absolute atomic E-state index is 11.8. The Morgan fingerprint density at radius 3 is 1.38 bits per heavy atom. The molecule has 0 unspecified atom stereocenters. The lowest BCUT2D eigenvalue weighted by Crippen LogP contribution is -2.28. The van der Waals surface area contributed by atoms with E-state index in [0.717, 1.165) is 0 Å². The third kappa shape index (κ3) is 9.54. The summed E-state index contributed by atoms with van der Waals surface area (Å²) in [7, 11) is 0. The molecule has 0 nitrogen and oxygen atoms in total. The summed E-state index contributed by atoms with van der Waals surface area (Å²) in [5.41, 5.74) is 0. The smallest absolute Gasteiger partial charge is 0.171 e. The molecule has 0 saturated heterocycles. The average molecular weight is 298 g/mol. The molecule has 0 aliphatic carbocycles. The highest BCUT2D eigenvalue weighted by atomic mass is 35.6. The van der Waals surface area contributed by atoms with E-state index in [1.165, 1.54) is 0 Å². The summed E-state index contributed by atoms with van der Waals surface area (Å²) in [6.45, 7) is 0. The van der Waals surface area contributed by atoms with Crippen LogP contribution in [0, 0.1) is 0 Å². The first kappa shape index (κ1) is 14.2. The Bertz CT molecular complexity index is 152. The molecule has 80 valence electrons. The SMILES string of the molecule is FC(F)(F)CC(Cl)(Cl)CC(Cl)(Cl)Cl. The second-order valence-electron chi connectivity index (χ2n) is 2.44. The third-order valence-electron chi connectivity index (χ3n) is 0.918. The number of rotatable bonds is 2. The number of hydrogen-bond acceptors (Lipinski definition) is 0. The van der Waals surface area contributed by atoms with Gasteiger partial charge in [0, 0.05) is 6.42 Å². The fourth-order valence-electron chi connectivity index (χ4n) is 0.649. The van der Waals surface area contributed by atoms with Crippen LogP contribution in [0.1, 0.15) is 12.8 Å². The molecule has 0 rings (SSSR count). The van der Waals surface area contributed by atoms with Crippen molar-refractivity contribution in [2.45, 2.75) is 27.1 Å². The maximum atomic E-state index is 11.8. The van der Waals surface area contributed by atoms with Gasteiger partial charge in [0.2, 0.25) is 0 Å². The summed E-state index contributed by atoms with van der Waals surface area (Å²) in [5, 5.41) is 0. The second kappa shape index (κ2) is 4.40. The lowest BCUT2D eigenvalue weighted by atomic mass is 10.2. The molecule has 0 aromatic rings. The third-order valence-corrected chi connectivity index (χ3v) is 1.85. The van der Waals surface area contributed by atoms with E-state index in [9.17, 15) is 13.2 Å². The van der Waals surface area contributed by atoms with Crippen LogP contribution in [-0.4, -0.2) is 14.3 Å². The van der Waals surface area contributed by atoms with Crippen LogP contribution < -0.4 is 0 Å². The van der Waals surface area contributed by atoms with Crippen molar-refractivity contribution in [2.75, 3.05) is 0 Å². The van der Waals surface area contributed by atoms with Gasteiger partial charge in [0.25, 0.3) is 0 Å². The van der Waals surface area contributed by atoms with Gasteiger partial charge < -0.3 is 0 Å². The fourth-order valence-corrected chi connectivity index (χ4v) is 2.45. The van der Waals surface area contributed by atoms with E-state index in [0.29, 0.717) is 0 Å². The van der Waals surface area contributed by atoms with E-state index in [1.54, 1.807) is 0 Å². The first-order valence-electron chi connectivity index (χ1n) is 2.93. The van der Waals surface area contributed by atoms with Gasteiger partial charge in [-0.05, 0) is 0 Å². The normalized spacial score (nSPS) is 14.8. The van der Waals surface area contributed by atoms with Crippen LogP contribution >= 0.6 is 58.0 Å². The highest BCUT2D eigenvalue weighted by Crippen LogP contribution is 2.45. The van der Waals surface area contributed by atoms with Gasteiger partial charge in [-0.2, -0.15) is 13.2 Å². The minimum absolute atomic E-state index is 0.590. The monoisotopic (exact) mass is 296 g/mol. The first-order valence-corrected chi connectivity index (χ1v) is 4.82. The molecule has 0 saturated carbocycles. The molecular formula is C5H4Cl5F3. The topological polar surface area (TPSA) is 0 Å². The van der Waals surface area contributed by atoms with Crippen molar-refractivity contribution in [1.29, 1.82) is 0 Å². The van der Waals surface area contributed by atoms with Crippen molar-refractivity contribution in [2.24, 2.45) is 0 Å². The molecule has 0 atom stereocenters. The van der Waals surface area contributed by atoms with Crippen molar-refractivity contribution in [3.05, 3.63) is 0 Å². The van der Waals surface area contributed by atoms with E-state index in [4.69, 9.17) is 58.0 Å². The molecule has 0 aromatic carbocycles. The summed E-state index contributed by atoms with van der Waals surface area (Å²) < 4.78 is 31.5. The molecule has 0 N–H and O–H groups in total. The van der Waals surface area contributed by atoms with Gasteiger partial charge in [0.1, 0.15) is 4.33 Å². The molecule has 0 heterocycles. The van der Waals surface area contributed by atoms with Crippen molar-refractivity contribution in [3.8, 4) is 0 Å². The van der Waals surface area contributed by atoms with Crippen LogP contribution in [0.3, 0.4) is 0 Å². The minimum atomic E-state index is -4.49. The van der Waals surface area contributed by atoms with E-state index in [2.05, 4.69) is 0 Å². The molecule has 0 aliphatic heterocycles. The molecule has 0 aromatic heterocycles. The minimum Gasteiger partial charge on any atom is -0.171 e. The predicted molar refractivity (Wildman–Crippen MR) is 50.0 cm³/mol. The summed E-state index contributed by atoms with van der Waals surface area (Å²) >= 11 is 26.3. The van der Waals surface area contributed by atoms with Crippen molar-refractivity contribution >= 4 is 58.0 Å². The van der Waals surface area contributed by atoms with E-state index in [-0.39, 0.29) is 0 Å². The highest BCUT2D eigenvalue weighted by molar-refractivity contribution is 6.68. The number of alkyl halides is 8. The van der Waals surface area contributed by atoms with Crippen LogP contribution in [0.15, 0.2) is 0 Å². The maximum Gasteiger partial charge on any atom is 0.391 e. The Hall–Kier alpha value is 1.24. The standard InChI is InChI=1S/C5H4Cl5F3/c6-3(7,1-4(8,9)10)2-5(11,12)13/h1-2H2. The van der Waals surface area contributed by atoms with Crippen molar-refractivity contribution < 1.29 is 13.2 Å². The molecular weight excluding hydrogens is 294 g/mol. The Morgan fingerprint density at radius 2 is 1.15 bits per heavy atom. The Labute approximate surface area is 98.2 Å². The van der Waals surface area contributed by atoms with Gasteiger partial charge in [0.15, 0.2) is 3.79 Å². The van der Waals surface area contributed by atoms with Gasteiger partial charge in [-0.15, -0.1) is 23.2 Å². The Kier molecular flexibility index (Phi) is 4.82. The zero-order chi connectivity index (χ0) is 10.9. The lowest BCUT2D eigenvalue weighted by molar-refractivity contribution is -0.137. The number of halogens is 8. The quantitative estimate of drug-likeness (QED) is 0.638. The van der Waals surface area contributed by atoms with Crippen molar-refractivity contribution in [3.63, 3.8) is 0 Å². The van der Waals surface area contributed by atoms with E-state index in [1.807, 2.05) is 0 Å². The highest BCUT2D eigenvalue weighted by Gasteiger charge is 2.44. The van der Waals surface area contributed by atoms with Crippen LogP contribution in [0.5, 0.6) is 0 Å². The van der Waals surface area contributed by atoms with Gasteiger partial charge in [0.05, 0.1) is 6.42 Å². The zero-order valence-electron chi connectivity index (χ0n) is 5.94.